The number of amides is 1. The number of hydrogen-bond donors (Lipinski definition) is 1. The zero-order chi connectivity index (χ0) is 17.7. The van der Waals surface area contributed by atoms with Gasteiger partial charge >= 0.3 is 0 Å². The number of halogens is 3. The zero-order valence-corrected chi connectivity index (χ0v) is 16.3. The predicted octanol–water partition coefficient (Wildman–Crippen LogP) is 4.34. The molecule has 0 radical (unpaired) electrons. The van der Waals surface area contributed by atoms with Crippen LogP contribution in [0.15, 0.2) is 39.3 Å². The molecule has 2 aromatic rings. The van der Waals surface area contributed by atoms with E-state index in [2.05, 4.69) is 37.2 Å². The molecule has 0 unspecified atom stereocenters. The Morgan fingerprint density at radius 2 is 1.75 bits per heavy atom. The molecule has 0 aliphatic carbocycles. The molecule has 0 atom stereocenters. The summed E-state index contributed by atoms with van der Waals surface area (Å²) in [6, 6.07) is 7.65. The first-order chi connectivity index (χ1) is 11.5. The Morgan fingerprint density at radius 1 is 1.08 bits per heavy atom. The van der Waals surface area contributed by atoms with E-state index in [1.54, 1.807) is 14.2 Å². The minimum absolute atomic E-state index is 0.265. The normalized spacial score (nSPS) is 10.4. The Kier molecular flexibility index (Phi) is 6.62. The molecule has 1 amide bonds. The van der Waals surface area contributed by atoms with Gasteiger partial charge in [-0.15, -0.1) is 0 Å². The molecule has 0 aliphatic rings. The monoisotopic (exact) mass is 459 g/mol. The topological polar surface area (TPSA) is 47.6 Å². The number of carbonyl (C=O) groups is 1. The van der Waals surface area contributed by atoms with E-state index in [-0.39, 0.29) is 5.91 Å². The molecule has 2 aromatic carbocycles. The third-order valence-electron chi connectivity index (χ3n) is 3.41. The number of nitrogens with one attached hydrogen (secondary N) is 1. The van der Waals surface area contributed by atoms with Gasteiger partial charge in [0.25, 0.3) is 5.91 Å². The minimum Gasteiger partial charge on any atom is -0.493 e. The molecule has 128 valence electrons. The van der Waals surface area contributed by atoms with Crippen LogP contribution in [0.4, 0.5) is 4.39 Å². The summed E-state index contributed by atoms with van der Waals surface area (Å²) in [5.74, 6) is 0.599. The second-order valence-electron chi connectivity index (χ2n) is 4.93. The first-order valence-electron chi connectivity index (χ1n) is 7.10. The van der Waals surface area contributed by atoms with Crippen LogP contribution >= 0.6 is 31.9 Å². The van der Waals surface area contributed by atoms with Crippen molar-refractivity contribution in [1.29, 1.82) is 0 Å². The summed E-state index contributed by atoms with van der Waals surface area (Å²) in [6.07, 6.45) is 0.603. The van der Waals surface area contributed by atoms with Gasteiger partial charge < -0.3 is 14.8 Å². The van der Waals surface area contributed by atoms with Crippen LogP contribution in [-0.2, 0) is 6.42 Å². The molecule has 7 heteroatoms. The summed E-state index contributed by atoms with van der Waals surface area (Å²) in [6.45, 7) is 0.427. The van der Waals surface area contributed by atoms with Gasteiger partial charge in [-0.1, -0.05) is 15.9 Å². The molecule has 0 bridgehead atoms. The Morgan fingerprint density at radius 3 is 2.38 bits per heavy atom. The summed E-state index contributed by atoms with van der Waals surface area (Å²) in [5.41, 5.74) is 1.37. The van der Waals surface area contributed by atoms with Gasteiger partial charge in [-0.25, -0.2) is 4.39 Å². The molecule has 0 spiro atoms. The molecule has 0 aliphatic heterocycles. The predicted molar refractivity (Wildman–Crippen MR) is 97.4 cm³/mol. The SMILES string of the molecule is COc1cc(Br)c(CCNC(=O)c2ccc(F)cc2Br)cc1OC. The van der Waals surface area contributed by atoms with Crippen LogP contribution in [0.1, 0.15) is 15.9 Å². The summed E-state index contributed by atoms with van der Waals surface area (Å²) in [7, 11) is 3.15. The van der Waals surface area contributed by atoms with Crippen LogP contribution in [0.25, 0.3) is 0 Å². The van der Waals surface area contributed by atoms with Crippen molar-refractivity contribution in [3.05, 3.63) is 56.2 Å². The number of methoxy groups -OCH3 is 2. The van der Waals surface area contributed by atoms with E-state index >= 15 is 0 Å². The standard InChI is InChI=1S/C17H16Br2FNO3/c1-23-15-7-10(13(18)9-16(15)24-2)5-6-21-17(22)12-4-3-11(20)8-14(12)19/h3-4,7-9H,5-6H2,1-2H3,(H,21,22). The average molecular weight is 461 g/mol. The molecule has 0 fully saturated rings. The second-order valence-corrected chi connectivity index (χ2v) is 6.64. The van der Waals surface area contributed by atoms with Crippen molar-refractivity contribution >= 4 is 37.8 Å². The molecular formula is C17H16Br2FNO3. The lowest BCUT2D eigenvalue weighted by Crippen LogP contribution is -2.26. The van der Waals surface area contributed by atoms with Crippen molar-refractivity contribution in [2.45, 2.75) is 6.42 Å². The highest BCUT2D eigenvalue weighted by Gasteiger charge is 2.12. The van der Waals surface area contributed by atoms with Crippen LogP contribution in [0.5, 0.6) is 11.5 Å². The van der Waals surface area contributed by atoms with Crippen molar-refractivity contribution in [3.8, 4) is 11.5 Å². The van der Waals surface area contributed by atoms with Crippen LogP contribution < -0.4 is 14.8 Å². The van der Waals surface area contributed by atoms with E-state index in [0.29, 0.717) is 34.5 Å². The fourth-order valence-electron chi connectivity index (χ4n) is 2.17. The fourth-order valence-corrected chi connectivity index (χ4v) is 3.22. The Hall–Kier alpha value is -1.60. The lowest BCUT2D eigenvalue weighted by atomic mass is 10.1. The summed E-state index contributed by atoms with van der Waals surface area (Å²) >= 11 is 6.68. The third kappa shape index (κ3) is 4.48. The largest absolute Gasteiger partial charge is 0.493 e. The van der Waals surface area contributed by atoms with Crippen molar-refractivity contribution in [3.63, 3.8) is 0 Å². The molecular weight excluding hydrogens is 445 g/mol. The molecule has 2 rings (SSSR count). The quantitative estimate of drug-likeness (QED) is 0.697. The van der Waals surface area contributed by atoms with E-state index in [1.165, 1.54) is 18.2 Å². The smallest absolute Gasteiger partial charge is 0.252 e. The Bertz CT molecular complexity index is 753. The number of hydrogen-bond acceptors (Lipinski definition) is 3. The van der Waals surface area contributed by atoms with E-state index in [9.17, 15) is 9.18 Å². The van der Waals surface area contributed by atoms with Gasteiger partial charge in [0, 0.05) is 15.5 Å². The van der Waals surface area contributed by atoms with Crippen molar-refractivity contribution in [1.82, 2.24) is 5.32 Å². The first kappa shape index (κ1) is 18.7. The first-order valence-corrected chi connectivity index (χ1v) is 8.68. The number of rotatable bonds is 6. The van der Waals surface area contributed by atoms with E-state index in [1.807, 2.05) is 12.1 Å². The van der Waals surface area contributed by atoms with Gasteiger partial charge in [0.15, 0.2) is 11.5 Å². The number of benzene rings is 2. The zero-order valence-electron chi connectivity index (χ0n) is 13.2. The van der Waals surface area contributed by atoms with Gasteiger partial charge in [-0.05, 0) is 58.2 Å². The molecule has 1 N–H and O–H groups in total. The van der Waals surface area contributed by atoms with Crippen molar-refractivity contribution < 1.29 is 18.7 Å². The number of carbonyl (C=O) groups excluding carboxylic acids is 1. The van der Waals surface area contributed by atoms with Crippen LogP contribution in [0.2, 0.25) is 0 Å². The van der Waals surface area contributed by atoms with Crippen molar-refractivity contribution in [2.24, 2.45) is 0 Å². The third-order valence-corrected chi connectivity index (χ3v) is 4.80. The Labute approximate surface area is 156 Å². The lowest BCUT2D eigenvalue weighted by molar-refractivity contribution is 0.0953. The molecule has 24 heavy (non-hydrogen) atoms. The fraction of sp³-hybridized carbons (Fsp3) is 0.235. The highest BCUT2D eigenvalue weighted by molar-refractivity contribution is 9.10. The maximum atomic E-state index is 13.1. The van der Waals surface area contributed by atoms with E-state index < -0.39 is 5.82 Å². The maximum absolute atomic E-state index is 13.1. The second kappa shape index (κ2) is 8.48. The van der Waals surface area contributed by atoms with Gasteiger partial charge in [0.1, 0.15) is 5.82 Å². The summed E-state index contributed by atoms with van der Waals surface area (Å²) < 4.78 is 24.9. The summed E-state index contributed by atoms with van der Waals surface area (Å²) in [5, 5.41) is 2.82. The highest BCUT2D eigenvalue weighted by Crippen LogP contribution is 2.33. The highest BCUT2D eigenvalue weighted by atomic mass is 79.9. The lowest BCUT2D eigenvalue weighted by Gasteiger charge is -2.12. The van der Waals surface area contributed by atoms with Crippen LogP contribution in [0.3, 0.4) is 0 Å². The average Bonchev–Trinajstić information content (AvgIpc) is 2.55. The van der Waals surface area contributed by atoms with Gasteiger partial charge in [-0.2, -0.15) is 0 Å². The van der Waals surface area contributed by atoms with Gasteiger partial charge in [0.05, 0.1) is 19.8 Å². The van der Waals surface area contributed by atoms with Crippen molar-refractivity contribution in [2.75, 3.05) is 20.8 Å². The number of ether oxygens (including phenoxy) is 2. The van der Waals surface area contributed by atoms with Gasteiger partial charge in [-0.3, -0.25) is 4.79 Å². The molecule has 0 aromatic heterocycles. The van der Waals surface area contributed by atoms with Crippen LogP contribution in [-0.4, -0.2) is 26.7 Å². The molecule has 0 heterocycles. The summed E-state index contributed by atoms with van der Waals surface area (Å²) in [4.78, 5) is 12.2. The van der Waals surface area contributed by atoms with E-state index in [4.69, 9.17) is 9.47 Å². The van der Waals surface area contributed by atoms with Crippen LogP contribution in [0, 0.1) is 5.82 Å². The van der Waals surface area contributed by atoms with E-state index in [0.717, 1.165) is 10.0 Å². The molecule has 0 saturated carbocycles. The van der Waals surface area contributed by atoms with Gasteiger partial charge in [0.2, 0.25) is 0 Å². The molecule has 0 saturated heterocycles. The Balaban J connectivity index is 2.02. The minimum atomic E-state index is -0.396. The molecule has 4 nitrogen and oxygen atoms in total. The maximum Gasteiger partial charge on any atom is 0.252 e.